The van der Waals surface area contributed by atoms with Crippen LogP contribution in [0.25, 0.3) is 0 Å². The van der Waals surface area contributed by atoms with Crippen molar-refractivity contribution in [3.63, 3.8) is 0 Å². The molecule has 3 nitrogen and oxygen atoms in total. The summed E-state index contributed by atoms with van der Waals surface area (Å²) in [7, 11) is 0. The van der Waals surface area contributed by atoms with Gasteiger partial charge in [-0.05, 0) is 67.1 Å². The van der Waals surface area contributed by atoms with Crippen LogP contribution >= 0.6 is 22.6 Å². The van der Waals surface area contributed by atoms with E-state index in [-0.39, 0.29) is 6.03 Å². The second-order valence-corrected chi connectivity index (χ2v) is 6.71. The first-order valence-electron chi connectivity index (χ1n) is 6.79. The molecule has 0 heterocycles. The number of aryl methyl sites for hydroxylation is 1. The van der Waals surface area contributed by atoms with Crippen LogP contribution in [0.3, 0.4) is 0 Å². The predicted molar refractivity (Wildman–Crippen MR) is 95.5 cm³/mol. The van der Waals surface area contributed by atoms with Crippen molar-refractivity contribution in [2.45, 2.75) is 26.3 Å². The molecule has 0 aromatic heterocycles. The summed E-state index contributed by atoms with van der Waals surface area (Å²) in [6, 6.07) is 15.6. The summed E-state index contributed by atoms with van der Waals surface area (Å²) in [5.74, 6) is 0. The minimum atomic E-state index is -0.438. The Balaban J connectivity index is 2.08. The molecule has 2 aromatic rings. The molecule has 0 aliphatic heterocycles. The van der Waals surface area contributed by atoms with E-state index in [9.17, 15) is 4.79 Å². The molecule has 21 heavy (non-hydrogen) atoms. The first-order chi connectivity index (χ1) is 9.88. The average molecular weight is 394 g/mol. The lowest BCUT2D eigenvalue weighted by Gasteiger charge is -2.28. The quantitative estimate of drug-likeness (QED) is 0.731. The summed E-state index contributed by atoms with van der Waals surface area (Å²) >= 11 is 2.29. The van der Waals surface area contributed by atoms with E-state index in [4.69, 9.17) is 0 Å². The van der Waals surface area contributed by atoms with E-state index in [0.717, 1.165) is 14.8 Å². The van der Waals surface area contributed by atoms with E-state index < -0.39 is 5.54 Å². The van der Waals surface area contributed by atoms with Crippen LogP contribution < -0.4 is 10.6 Å². The third-order valence-corrected chi connectivity index (χ3v) is 4.22. The monoisotopic (exact) mass is 394 g/mol. The maximum absolute atomic E-state index is 12.2. The topological polar surface area (TPSA) is 41.1 Å². The molecule has 110 valence electrons. The van der Waals surface area contributed by atoms with Crippen molar-refractivity contribution in [1.29, 1.82) is 0 Å². The third kappa shape index (κ3) is 4.20. The summed E-state index contributed by atoms with van der Waals surface area (Å²) in [5, 5.41) is 5.88. The van der Waals surface area contributed by atoms with Crippen molar-refractivity contribution in [1.82, 2.24) is 5.32 Å². The highest BCUT2D eigenvalue weighted by Crippen LogP contribution is 2.25. The molecule has 0 unspecified atom stereocenters. The van der Waals surface area contributed by atoms with Crippen LogP contribution in [0, 0.1) is 10.5 Å². The lowest BCUT2D eigenvalue weighted by molar-refractivity contribution is 0.241. The van der Waals surface area contributed by atoms with Gasteiger partial charge in [0.2, 0.25) is 0 Å². The number of nitrogens with one attached hydrogen (secondary N) is 2. The number of anilines is 1. The van der Waals surface area contributed by atoms with E-state index in [1.54, 1.807) is 0 Å². The van der Waals surface area contributed by atoms with Gasteiger partial charge < -0.3 is 10.6 Å². The minimum Gasteiger partial charge on any atom is -0.329 e. The van der Waals surface area contributed by atoms with Gasteiger partial charge in [-0.3, -0.25) is 0 Å². The van der Waals surface area contributed by atoms with Gasteiger partial charge in [0.05, 0.1) is 5.54 Å². The Morgan fingerprint density at radius 2 is 1.67 bits per heavy atom. The fraction of sp³-hybridized carbons (Fsp3) is 0.235. The molecule has 0 fully saturated rings. The highest BCUT2D eigenvalue weighted by atomic mass is 127. The Morgan fingerprint density at radius 3 is 2.29 bits per heavy atom. The molecule has 2 N–H and O–H groups in total. The van der Waals surface area contributed by atoms with Crippen LogP contribution in [0.4, 0.5) is 10.5 Å². The van der Waals surface area contributed by atoms with Gasteiger partial charge in [-0.2, -0.15) is 0 Å². The smallest absolute Gasteiger partial charge is 0.319 e. The van der Waals surface area contributed by atoms with Crippen molar-refractivity contribution >= 4 is 34.3 Å². The van der Waals surface area contributed by atoms with Crippen LogP contribution in [0.5, 0.6) is 0 Å². The SMILES string of the molecule is Cc1ccc(NC(=O)NC(C)(C)c2ccccc2I)cc1. The lowest BCUT2D eigenvalue weighted by Crippen LogP contribution is -2.43. The average Bonchev–Trinajstić information content (AvgIpc) is 2.41. The number of amides is 2. The van der Waals surface area contributed by atoms with Crippen LogP contribution in [0.15, 0.2) is 48.5 Å². The Labute approximate surface area is 139 Å². The Morgan fingerprint density at radius 1 is 1.05 bits per heavy atom. The van der Waals surface area contributed by atoms with E-state index in [2.05, 4.69) is 33.2 Å². The fourth-order valence-electron chi connectivity index (χ4n) is 2.12. The summed E-state index contributed by atoms with van der Waals surface area (Å²) in [4.78, 5) is 12.2. The number of hydrogen-bond acceptors (Lipinski definition) is 1. The molecule has 0 aliphatic carbocycles. The van der Waals surface area contributed by atoms with Gasteiger partial charge in [0.15, 0.2) is 0 Å². The van der Waals surface area contributed by atoms with Crippen molar-refractivity contribution < 1.29 is 4.79 Å². The second kappa shape index (κ2) is 6.47. The van der Waals surface area contributed by atoms with Gasteiger partial charge in [-0.15, -0.1) is 0 Å². The van der Waals surface area contributed by atoms with Gasteiger partial charge in [0.25, 0.3) is 0 Å². The van der Waals surface area contributed by atoms with Crippen LogP contribution in [-0.4, -0.2) is 6.03 Å². The van der Waals surface area contributed by atoms with Crippen LogP contribution in [-0.2, 0) is 5.54 Å². The van der Waals surface area contributed by atoms with Gasteiger partial charge in [-0.25, -0.2) is 4.79 Å². The summed E-state index contributed by atoms with van der Waals surface area (Å²) in [6.45, 7) is 6.02. The number of hydrogen-bond donors (Lipinski definition) is 2. The molecule has 0 spiro atoms. The first-order valence-corrected chi connectivity index (χ1v) is 7.87. The molecule has 2 rings (SSSR count). The maximum atomic E-state index is 12.2. The van der Waals surface area contributed by atoms with Gasteiger partial charge in [-0.1, -0.05) is 35.9 Å². The van der Waals surface area contributed by atoms with Crippen LogP contribution in [0.1, 0.15) is 25.0 Å². The van der Waals surface area contributed by atoms with Crippen molar-refractivity contribution in [3.05, 3.63) is 63.2 Å². The third-order valence-electron chi connectivity index (χ3n) is 3.28. The minimum absolute atomic E-state index is 0.205. The number of carbonyl (C=O) groups is 1. The highest BCUT2D eigenvalue weighted by Gasteiger charge is 2.24. The zero-order valence-corrected chi connectivity index (χ0v) is 14.6. The zero-order valence-electron chi connectivity index (χ0n) is 12.4. The molecule has 0 saturated heterocycles. The van der Waals surface area contributed by atoms with Crippen molar-refractivity contribution in [3.8, 4) is 0 Å². The first kappa shape index (κ1) is 15.8. The zero-order chi connectivity index (χ0) is 15.5. The molecule has 0 atom stereocenters. The van der Waals surface area contributed by atoms with E-state index in [0.29, 0.717) is 0 Å². The standard InChI is InChI=1S/C17H19IN2O/c1-12-8-10-13(11-9-12)19-16(21)20-17(2,3)14-6-4-5-7-15(14)18/h4-11H,1-3H3,(H2,19,20,21). The predicted octanol–water partition coefficient (Wildman–Crippen LogP) is 4.66. The number of benzene rings is 2. The number of rotatable bonds is 3. The molecular formula is C17H19IN2O. The molecule has 2 amide bonds. The molecule has 4 heteroatoms. The number of carbonyl (C=O) groups excluding carboxylic acids is 1. The van der Waals surface area contributed by atoms with Gasteiger partial charge >= 0.3 is 6.03 Å². The van der Waals surface area contributed by atoms with E-state index >= 15 is 0 Å². The summed E-state index contributed by atoms with van der Waals surface area (Å²) in [5.41, 5.74) is 2.62. The van der Waals surface area contributed by atoms with Crippen LogP contribution in [0.2, 0.25) is 0 Å². The molecular weight excluding hydrogens is 375 g/mol. The van der Waals surface area contributed by atoms with Gasteiger partial charge in [0.1, 0.15) is 0 Å². The lowest BCUT2D eigenvalue weighted by atomic mass is 9.94. The highest BCUT2D eigenvalue weighted by molar-refractivity contribution is 14.1. The van der Waals surface area contributed by atoms with Gasteiger partial charge in [0, 0.05) is 9.26 Å². The van der Waals surface area contributed by atoms with Crippen molar-refractivity contribution in [2.75, 3.05) is 5.32 Å². The fourth-order valence-corrected chi connectivity index (χ4v) is 3.18. The Kier molecular flexibility index (Phi) is 4.88. The summed E-state index contributed by atoms with van der Waals surface area (Å²) < 4.78 is 1.13. The largest absolute Gasteiger partial charge is 0.329 e. The molecule has 2 aromatic carbocycles. The van der Waals surface area contributed by atoms with E-state index in [1.165, 1.54) is 5.56 Å². The number of urea groups is 1. The summed E-state index contributed by atoms with van der Waals surface area (Å²) in [6.07, 6.45) is 0. The molecule has 0 radical (unpaired) electrons. The normalized spacial score (nSPS) is 11.0. The van der Waals surface area contributed by atoms with E-state index in [1.807, 2.05) is 69.3 Å². The Bertz CT molecular complexity index is 635. The van der Waals surface area contributed by atoms with Crippen molar-refractivity contribution in [2.24, 2.45) is 0 Å². The molecule has 0 saturated carbocycles. The maximum Gasteiger partial charge on any atom is 0.319 e. The molecule has 0 aliphatic rings. The second-order valence-electron chi connectivity index (χ2n) is 5.55. The Hall–Kier alpha value is -1.56. The number of halogens is 1. The molecule has 0 bridgehead atoms.